The molecule has 0 bridgehead atoms. The largest absolute Gasteiger partial charge is 0.397 e. The zero-order chi connectivity index (χ0) is 11.5. The standard InChI is InChI=1S/C6H13N.C4H8O.C2H6O/c7-6-4-2-1-3-5-6;5-3-4-1-2-4;1-2-3/h6H,1-5,7H2;4-5H,1-3H2;3H,2H2,1H3. The average Bonchev–Trinajstić information content (AvgIpc) is 3.04. The molecule has 0 heterocycles. The van der Waals surface area contributed by atoms with Crippen LogP contribution in [0.5, 0.6) is 0 Å². The first-order chi connectivity index (χ1) is 7.24. The minimum atomic E-state index is 0.250. The summed E-state index contributed by atoms with van der Waals surface area (Å²) in [5.74, 6) is 0.690. The van der Waals surface area contributed by atoms with Crippen LogP contribution in [0.4, 0.5) is 0 Å². The highest BCUT2D eigenvalue weighted by molar-refractivity contribution is 4.70. The van der Waals surface area contributed by atoms with Crippen molar-refractivity contribution in [3.05, 3.63) is 0 Å². The quantitative estimate of drug-likeness (QED) is 0.626. The second kappa shape index (κ2) is 10.4. The van der Waals surface area contributed by atoms with E-state index in [1.807, 2.05) is 0 Å². The normalized spacial score (nSPS) is 20.8. The molecule has 3 heteroatoms. The van der Waals surface area contributed by atoms with Crippen molar-refractivity contribution in [1.29, 1.82) is 0 Å². The first-order valence-corrected chi connectivity index (χ1v) is 6.21. The summed E-state index contributed by atoms with van der Waals surface area (Å²) in [7, 11) is 0. The predicted molar refractivity (Wildman–Crippen MR) is 63.6 cm³/mol. The zero-order valence-electron chi connectivity index (χ0n) is 9.99. The highest BCUT2D eigenvalue weighted by Gasteiger charge is 2.18. The Balaban J connectivity index is 0.000000216. The van der Waals surface area contributed by atoms with Crippen molar-refractivity contribution in [3.63, 3.8) is 0 Å². The summed E-state index contributed by atoms with van der Waals surface area (Å²) in [5, 5.41) is 15.8. The van der Waals surface area contributed by atoms with Gasteiger partial charge in [0.15, 0.2) is 0 Å². The Bertz CT molecular complexity index is 121. The third-order valence-electron chi connectivity index (χ3n) is 2.60. The van der Waals surface area contributed by atoms with Crippen molar-refractivity contribution in [2.75, 3.05) is 13.2 Å². The van der Waals surface area contributed by atoms with Crippen LogP contribution in [-0.2, 0) is 0 Å². The molecule has 3 nitrogen and oxygen atoms in total. The van der Waals surface area contributed by atoms with Gasteiger partial charge in [0.1, 0.15) is 0 Å². The summed E-state index contributed by atoms with van der Waals surface area (Å²) in [6.07, 6.45) is 9.18. The van der Waals surface area contributed by atoms with Crippen molar-refractivity contribution < 1.29 is 10.2 Å². The van der Waals surface area contributed by atoms with Crippen LogP contribution < -0.4 is 5.73 Å². The van der Waals surface area contributed by atoms with Gasteiger partial charge in [-0.1, -0.05) is 19.3 Å². The van der Waals surface area contributed by atoms with Crippen LogP contribution >= 0.6 is 0 Å². The van der Waals surface area contributed by atoms with Crippen LogP contribution in [0.2, 0.25) is 0 Å². The molecule has 0 aliphatic heterocycles. The fourth-order valence-electron chi connectivity index (χ4n) is 1.43. The average molecular weight is 217 g/mol. The number of nitrogens with two attached hydrogens (primary N) is 1. The minimum Gasteiger partial charge on any atom is -0.397 e. The van der Waals surface area contributed by atoms with Gasteiger partial charge in [0, 0.05) is 19.3 Å². The zero-order valence-corrected chi connectivity index (χ0v) is 9.99. The van der Waals surface area contributed by atoms with Crippen LogP contribution in [0, 0.1) is 5.92 Å². The molecular formula is C12H27NO2. The molecule has 2 aliphatic carbocycles. The first-order valence-electron chi connectivity index (χ1n) is 6.21. The summed E-state index contributed by atoms with van der Waals surface area (Å²) in [4.78, 5) is 0. The summed E-state index contributed by atoms with van der Waals surface area (Å²) in [5.41, 5.74) is 5.63. The monoisotopic (exact) mass is 217 g/mol. The van der Waals surface area contributed by atoms with E-state index in [0.717, 1.165) is 0 Å². The Kier molecular flexibility index (Phi) is 10.3. The molecule has 2 aliphatic rings. The lowest BCUT2D eigenvalue weighted by atomic mass is 9.97. The number of hydrogen-bond donors (Lipinski definition) is 3. The molecule has 0 atom stereocenters. The van der Waals surface area contributed by atoms with E-state index in [2.05, 4.69) is 0 Å². The van der Waals surface area contributed by atoms with Gasteiger partial charge in [0.2, 0.25) is 0 Å². The maximum atomic E-state index is 8.21. The molecular weight excluding hydrogens is 190 g/mol. The fraction of sp³-hybridized carbons (Fsp3) is 1.00. The molecule has 0 unspecified atom stereocenters. The first kappa shape index (κ1) is 14.9. The Morgan fingerprint density at radius 1 is 1.00 bits per heavy atom. The second-order valence-electron chi connectivity index (χ2n) is 4.34. The van der Waals surface area contributed by atoms with Gasteiger partial charge in [0.25, 0.3) is 0 Å². The van der Waals surface area contributed by atoms with Crippen LogP contribution in [0.25, 0.3) is 0 Å². The Hall–Kier alpha value is -0.120. The van der Waals surface area contributed by atoms with E-state index in [1.165, 1.54) is 44.9 Å². The van der Waals surface area contributed by atoms with Gasteiger partial charge in [-0.15, -0.1) is 0 Å². The lowest BCUT2D eigenvalue weighted by Crippen LogP contribution is -2.22. The summed E-state index contributed by atoms with van der Waals surface area (Å²) in [6.45, 7) is 2.35. The Morgan fingerprint density at radius 2 is 1.47 bits per heavy atom. The van der Waals surface area contributed by atoms with Crippen molar-refractivity contribution in [2.45, 2.75) is 57.9 Å². The van der Waals surface area contributed by atoms with Crippen LogP contribution in [0.1, 0.15) is 51.9 Å². The SMILES string of the molecule is CCO.NC1CCCCC1.OCC1CC1. The van der Waals surface area contributed by atoms with Crippen LogP contribution in [0.15, 0.2) is 0 Å². The summed E-state index contributed by atoms with van der Waals surface area (Å²) in [6, 6.07) is 0.536. The number of hydrogen-bond acceptors (Lipinski definition) is 3. The van der Waals surface area contributed by atoms with Gasteiger partial charge < -0.3 is 15.9 Å². The molecule has 0 aromatic heterocycles. The maximum absolute atomic E-state index is 8.21. The van der Waals surface area contributed by atoms with Gasteiger partial charge in [-0.3, -0.25) is 0 Å². The predicted octanol–water partition coefficient (Wildman–Crippen LogP) is 1.67. The van der Waals surface area contributed by atoms with E-state index in [4.69, 9.17) is 15.9 Å². The highest BCUT2D eigenvalue weighted by atomic mass is 16.3. The highest BCUT2D eigenvalue weighted by Crippen LogP contribution is 2.27. The Morgan fingerprint density at radius 3 is 1.60 bits per heavy atom. The van der Waals surface area contributed by atoms with Gasteiger partial charge in [0.05, 0.1) is 0 Å². The topological polar surface area (TPSA) is 66.5 Å². The van der Waals surface area contributed by atoms with E-state index >= 15 is 0 Å². The molecule has 0 spiro atoms. The van der Waals surface area contributed by atoms with Gasteiger partial charge >= 0.3 is 0 Å². The molecule has 15 heavy (non-hydrogen) atoms. The molecule has 0 aromatic rings. The van der Waals surface area contributed by atoms with E-state index < -0.39 is 0 Å². The molecule has 0 saturated heterocycles. The van der Waals surface area contributed by atoms with Crippen molar-refractivity contribution in [2.24, 2.45) is 11.7 Å². The molecule has 92 valence electrons. The van der Waals surface area contributed by atoms with E-state index in [0.29, 0.717) is 18.6 Å². The van der Waals surface area contributed by atoms with Crippen molar-refractivity contribution >= 4 is 0 Å². The van der Waals surface area contributed by atoms with Gasteiger partial charge in [-0.25, -0.2) is 0 Å². The number of rotatable bonds is 1. The molecule has 0 radical (unpaired) electrons. The minimum absolute atomic E-state index is 0.250. The van der Waals surface area contributed by atoms with E-state index in [9.17, 15) is 0 Å². The van der Waals surface area contributed by atoms with Crippen molar-refractivity contribution in [3.8, 4) is 0 Å². The molecule has 2 saturated carbocycles. The second-order valence-corrected chi connectivity index (χ2v) is 4.34. The number of aliphatic hydroxyl groups is 2. The molecule has 2 fully saturated rings. The fourth-order valence-corrected chi connectivity index (χ4v) is 1.43. The smallest absolute Gasteiger partial charge is 0.0459 e. The molecule has 0 aromatic carbocycles. The van der Waals surface area contributed by atoms with Crippen molar-refractivity contribution in [1.82, 2.24) is 0 Å². The lowest BCUT2D eigenvalue weighted by Gasteiger charge is -2.15. The summed E-state index contributed by atoms with van der Waals surface area (Å²) < 4.78 is 0. The molecule has 0 amide bonds. The van der Waals surface area contributed by atoms with Crippen LogP contribution in [0.3, 0.4) is 0 Å². The van der Waals surface area contributed by atoms with E-state index in [1.54, 1.807) is 6.92 Å². The molecule has 2 rings (SSSR count). The van der Waals surface area contributed by atoms with E-state index in [-0.39, 0.29) is 6.61 Å². The Labute approximate surface area is 93.7 Å². The summed E-state index contributed by atoms with van der Waals surface area (Å²) >= 11 is 0. The van der Waals surface area contributed by atoms with Gasteiger partial charge in [-0.05, 0) is 38.5 Å². The third-order valence-corrected chi connectivity index (χ3v) is 2.60. The maximum Gasteiger partial charge on any atom is 0.0459 e. The third kappa shape index (κ3) is 11.8. The lowest BCUT2D eigenvalue weighted by molar-refractivity contribution is 0.277. The number of aliphatic hydroxyl groups excluding tert-OH is 2. The van der Waals surface area contributed by atoms with Crippen LogP contribution in [-0.4, -0.2) is 29.5 Å². The molecule has 4 N–H and O–H groups in total. The van der Waals surface area contributed by atoms with Gasteiger partial charge in [-0.2, -0.15) is 0 Å².